The minimum Gasteiger partial charge on any atom is -0.115 e. The molecule has 2 aromatic rings. The Bertz CT molecular complexity index is 527. The molecule has 0 N–H and O–H groups in total. The fourth-order valence-corrected chi connectivity index (χ4v) is 1.96. The zero-order valence-corrected chi connectivity index (χ0v) is 9.12. The van der Waals surface area contributed by atoms with Gasteiger partial charge in [0.2, 0.25) is 0 Å². The van der Waals surface area contributed by atoms with Crippen LogP contribution in [0.15, 0.2) is 36.4 Å². The van der Waals surface area contributed by atoms with Crippen LogP contribution in [0, 0.1) is 12.3 Å². The molecule has 0 bridgehead atoms. The molecule has 0 saturated heterocycles. The summed E-state index contributed by atoms with van der Waals surface area (Å²) in [6.07, 6.45) is 5.49. The van der Waals surface area contributed by atoms with Crippen molar-refractivity contribution in [1.29, 1.82) is 0 Å². The van der Waals surface area contributed by atoms with Gasteiger partial charge >= 0.3 is 0 Å². The Morgan fingerprint density at radius 3 is 2.33 bits per heavy atom. The van der Waals surface area contributed by atoms with Gasteiger partial charge in [-0.15, -0.1) is 6.42 Å². The van der Waals surface area contributed by atoms with E-state index in [1.165, 1.54) is 16.3 Å². The third-order valence-electron chi connectivity index (χ3n) is 2.73. The van der Waals surface area contributed by atoms with Gasteiger partial charge in [0.15, 0.2) is 0 Å². The van der Waals surface area contributed by atoms with Crippen LogP contribution >= 0.6 is 0 Å². The normalized spacial score (nSPS) is 10.5. The van der Waals surface area contributed by atoms with Crippen LogP contribution in [0.25, 0.3) is 10.8 Å². The first-order valence-electron chi connectivity index (χ1n) is 5.22. The van der Waals surface area contributed by atoms with E-state index >= 15 is 0 Å². The number of hydrogen-bond donors (Lipinski definition) is 0. The Hall–Kier alpha value is -1.74. The summed E-state index contributed by atoms with van der Waals surface area (Å²) in [7, 11) is 0. The lowest BCUT2D eigenvalue weighted by Crippen LogP contribution is -1.90. The molecule has 0 nitrogen and oxygen atoms in total. The van der Waals surface area contributed by atoms with Crippen molar-refractivity contribution in [2.75, 3.05) is 0 Å². The predicted molar refractivity (Wildman–Crippen MR) is 66.0 cm³/mol. The summed E-state index contributed by atoms with van der Waals surface area (Å²) in [4.78, 5) is 0. The molecule has 0 unspecified atom stereocenters. The van der Waals surface area contributed by atoms with Gasteiger partial charge in [-0.05, 0) is 28.3 Å². The average Bonchev–Trinajstić information content (AvgIpc) is 2.27. The molecule has 0 amide bonds. The van der Waals surface area contributed by atoms with Crippen LogP contribution in [-0.4, -0.2) is 0 Å². The predicted octanol–water partition coefficient (Wildman–Crippen LogP) is 3.94. The lowest BCUT2D eigenvalue weighted by atomic mass is 9.94. The Morgan fingerprint density at radius 1 is 1.00 bits per heavy atom. The molecule has 0 spiro atoms. The van der Waals surface area contributed by atoms with Gasteiger partial charge in [0.05, 0.1) is 0 Å². The maximum Gasteiger partial charge on any atom is 0.0321 e. The van der Waals surface area contributed by atoms with Crippen molar-refractivity contribution in [3.8, 4) is 12.3 Å². The number of benzene rings is 2. The van der Waals surface area contributed by atoms with Gasteiger partial charge in [0.25, 0.3) is 0 Å². The van der Waals surface area contributed by atoms with Crippen molar-refractivity contribution in [2.45, 2.75) is 19.8 Å². The van der Waals surface area contributed by atoms with Gasteiger partial charge in [-0.25, -0.2) is 0 Å². The summed E-state index contributed by atoms with van der Waals surface area (Å²) >= 11 is 0. The van der Waals surface area contributed by atoms with Crippen LogP contribution in [0.5, 0.6) is 0 Å². The van der Waals surface area contributed by atoms with Crippen LogP contribution in [0.1, 0.15) is 30.9 Å². The van der Waals surface area contributed by atoms with Crippen molar-refractivity contribution in [2.24, 2.45) is 0 Å². The minimum absolute atomic E-state index is 0.529. The highest BCUT2D eigenvalue weighted by atomic mass is 14.1. The largest absolute Gasteiger partial charge is 0.115 e. The molecular weight excluding hydrogens is 180 g/mol. The third-order valence-corrected chi connectivity index (χ3v) is 2.73. The van der Waals surface area contributed by atoms with E-state index in [1.807, 2.05) is 12.1 Å². The zero-order valence-electron chi connectivity index (χ0n) is 9.12. The molecule has 0 aliphatic rings. The average molecular weight is 194 g/mol. The van der Waals surface area contributed by atoms with E-state index in [4.69, 9.17) is 6.42 Å². The standard InChI is InChI=1S/C15H14/c1-4-12-7-5-10-15-13(11(2)3)8-6-9-14(12)15/h1,5-11H,2-3H3. The second-order valence-corrected chi connectivity index (χ2v) is 4.05. The zero-order chi connectivity index (χ0) is 10.8. The van der Waals surface area contributed by atoms with Gasteiger partial charge in [-0.3, -0.25) is 0 Å². The molecule has 0 heterocycles. The summed E-state index contributed by atoms with van der Waals surface area (Å²) < 4.78 is 0. The van der Waals surface area contributed by atoms with Gasteiger partial charge < -0.3 is 0 Å². The second kappa shape index (κ2) is 3.79. The molecule has 0 atom stereocenters. The summed E-state index contributed by atoms with van der Waals surface area (Å²) in [5.74, 6) is 3.27. The molecule has 15 heavy (non-hydrogen) atoms. The lowest BCUT2D eigenvalue weighted by molar-refractivity contribution is 0.876. The highest BCUT2D eigenvalue weighted by Gasteiger charge is 2.05. The van der Waals surface area contributed by atoms with Crippen molar-refractivity contribution in [3.05, 3.63) is 47.5 Å². The summed E-state index contributed by atoms with van der Waals surface area (Å²) in [6, 6.07) is 12.5. The molecule has 74 valence electrons. The second-order valence-electron chi connectivity index (χ2n) is 4.05. The molecule has 2 rings (SSSR count). The van der Waals surface area contributed by atoms with Gasteiger partial charge in [0.1, 0.15) is 0 Å². The molecule has 2 aromatic carbocycles. The van der Waals surface area contributed by atoms with E-state index in [2.05, 4.69) is 44.0 Å². The van der Waals surface area contributed by atoms with Crippen molar-refractivity contribution < 1.29 is 0 Å². The van der Waals surface area contributed by atoms with Crippen molar-refractivity contribution in [1.82, 2.24) is 0 Å². The monoisotopic (exact) mass is 194 g/mol. The Morgan fingerprint density at radius 2 is 1.67 bits per heavy atom. The fraction of sp³-hybridized carbons (Fsp3) is 0.200. The van der Waals surface area contributed by atoms with E-state index in [9.17, 15) is 0 Å². The van der Waals surface area contributed by atoms with Crippen LogP contribution in [0.4, 0.5) is 0 Å². The Labute approximate surface area is 90.9 Å². The van der Waals surface area contributed by atoms with E-state index < -0.39 is 0 Å². The molecular formula is C15H14. The number of terminal acetylenes is 1. The quantitative estimate of drug-likeness (QED) is 0.603. The molecule has 0 radical (unpaired) electrons. The third kappa shape index (κ3) is 1.62. The molecule has 0 aliphatic heterocycles. The summed E-state index contributed by atoms with van der Waals surface area (Å²) in [5, 5.41) is 2.47. The smallest absolute Gasteiger partial charge is 0.0321 e. The fourth-order valence-electron chi connectivity index (χ4n) is 1.96. The highest BCUT2D eigenvalue weighted by Crippen LogP contribution is 2.26. The van der Waals surface area contributed by atoms with Crippen molar-refractivity contribution in [3.63, 3.8) is 0 Å². The molecule has 0 heteroatoms. The van der Waals surface area contributed by atoms with E-state index in [1.54, 1.807) is 0 Å². The van der Waals surface area contributed by atoms with Crippen LogP contribution in [0.3, 0.4) is 0 Å². The summed E-state index contributed by atoms with van der Waals surface area (Å²) in [5.41, 5.74) is 2.35. The Balaban J connectivity index is 2.84. The SMILES string of the molecule is C#Cc1cccc2c(C(C)C)cccc12. The van der Waals surface area contributed by atoms with E-state index in [0.717, 1.165) is 5.56 Å². The lowest BCUT2D eigenvalue weighted by Gasteiger charge is -2.10. The number of fused-ring (bicyclic) bond motifs is 1. The van der Waals surface area contributed by atoms with Gasteiger partial charge in [-0.2, -0.15) is 0 Å². The first-order chi connectivity index (χ1) is 7.24. The first kappa shape index (κ1) is 9.80. The maximum absolute atomic E-state index is 5.49. The maximum atomic E-state index is 5.49. The molecule has 0 fully saturated rings. The Kier molecular flexibility index (Phi) is 2.47. The highest BCUT2D eigenvalue weighted by molar-refractivity contribution is 5.91. The van der Waals surface area contributed by atoms with Crippen LogP contribution in [0.2, 0.25) is 0 Å². The van der Waals surface area contributed by atoms with Gasteiger partial charge in [0, 0.05) is 5.56 Å². The topological polar surface area (TPSA) is 0 Å². The minimum atomic E-state index is 0.529. The van der Waals surface area contributed by atoms with Crippen LogP contribution < -0.4 is 0 Å². The number of rotatable bonds is 1. The van der Waals surface area contributed by atoms with E-state index in [0.29, 0.717) is 5.92 Å². The van der Waals surface area contributed by atoms with E-state index in [-0.39, 0.29) is 0 Å². The van der Waals surface area contributed by atoms with Gasteiger partial charge in [-0.1, -0.05) is 50.1 Å². The number of hydrogen-bond acceptors (Lipinski definition) is 0. The summed E-state index contributed by atoms with van der Waals surface area (Å²) in [6.45, 7) is 4.41. The van der Waals surface area contributed by atoms with Crippen LogP contribution in [-0.2, 0) is 0 Å². The van der Waals surface area contributed by atoms with Crippen molar-refractivity contribution >= 4 is 10.8 Å². The first-order valence-corrected chi connectivity index (χ1v) is 5.22. The molecule has 0 saturated carbocycles. The molecule has 0 aliphatic carbocycles. The molecule has 0 aromatic heterocycles.